The fourth-order valence-corrected chi connectivity index (χ4v) is 4.01. The second kappa shape index (κ2) is 9.68. The Hall–Kier alpha value is -3.29. The molecule has 1 aliphatic heterocycles. The first-order valence-corrected chi connectivity index (χ1v) is 10.9. The molecule has 0 spiro atoms. The summed E-state index contributed by atoms with van der Waals surface area (Å²) in [7, 11) is 0. The number of oxime groups is 1. The quantitative estimate of drug-likeness (QED) is 0.178. The van der Waals surface area contributed by atoms with Crippen LogP contribution in [-0.4, -0.2) is 39.4 Å². The Kier molecular flexibility index (Phi) is 6.54. The van der Waals surface area contributed by atoms with Crippen LogP contribution < -0.4 is 10.5 Å². The second-order valence-electron chi connectivity index (χ2n) is 7.90. The van der Waals surface area contributed by atoms with Crippen LogP contribution in [-0.2, 0) is 0 Å². The summed E-state index contributed by atoms with van der Waals surface area (Å²) in [5.74, 6) is 1.96. The Balaban J connectivity index is 1.47. The van der Waals surface area contributed by atoms with Gasteiger partial charge in [-0.05, 0) is 48.2 Å². The fraction of sp³-hybridized carbons (Fsp3) is 0.435. The van der Waals surface area contributed by atoms with E-state index in [1.165, 1.54) is 19.3 Å². The average molecular weight is 424 g/mol. The van der Waals surface area contributed by atoms with Crippen molar-refractivity contribution in [2.24, 2.45) is 10.9 Å². The average Bonchev–Trinajstić information content (AvgIpc) is 3.47. The maximum Gasteiger partial charge on any atom is 0.249 e. The summed E-state index contributed by atoms with van der Waals surface area (Å²) in [5, 5.41) is 18.4. The van der Waals surface area contributed by atoms with Crippen molar-refractivity contribution in [3.63, 3.8) is 0 Å². The number of guanidine groups is 1. The van der Waals surface area contributed by atoms with Gasteiger partial charge >= 0.3 is 0 Å². The first-order chi connectivity index (χ1) is 15.2. The summed E-state index contributed by atoms with van der Waals surface area (Å²) < 4.78 is 11.4. The Morgan fingerprint density at radius 3 is 2.90 bits per heavy atom. The van der Waals surface area contributed by atoms with E-state index in [9.17, 15) is 0 Å². The third kappa shape index (κ3) is 4.73. The van der Waals surface area contributed by atoms with Gasteiger partial charge in [-0.15, -0.1) is 0 Å². The normalized spacial score (nSPS) is 16.9. The van der Waals surface area contributed by atoms with Crippen molar-refractivity contribution in [1.82, 2.24) is 15.0 Å². The van der Waals surface area contributed by atoms with Crippen LogP contribution in [0.2, 0.25) is 0 Å². The van der Waals surface area contributed by atoms with Crippen molar-refractivity contribution in [3.8, 4) is 17.1 Å². The Labute approximate surface area is 181 Å². The molecule has 3 aromatic rings. The number of nitrogens with zero attached hydrogens (tertiary/aromatic N) is 4. The van der Waals surface area contributed by atoms with Gasteiger partial charge in [-0.3, -0.25) is 0 Å². The van der Waals surface area contributed by atoms with Gasteiger partial charge in [-0.25, -0.2) is 0 Å². The topological polar surface area (TPSA) is 110 Å². The summed E-state index contributed by atoms with van der Waals surface area (Å²) in [4.78, 5) is 6.36. The van der Waals surface area contributed by atoms with E-state index < -0.39 is 0 Å². The molecule has 0 aliphatic carbocycles. The maximum atomic E-state index is 8.99. The highest BCUT2D eigenvalue weighted by molar-refractivity contribution is 5.87. The molecule has 4 rings (SSSR count). The number of hydrogen-bond acceptors (Lipinski definition) is 6. The van der Waals surface area contributed by atoms with Crippen LogP contribution in [0.5, 0.6) is 5.75 Å². The zero-order valence-electron chi connectivity index (χ0n) is 17.8. The van der Waals surface area contributed by atoms with Crippen molar-refractivity contribution < 1.29 is 14.5 Å². The van der Waals surface area contributed by atoms with E-state index >= 15 is 0 Å². The monoisotopic (exact) mass is 423 g/mol. The molecule has 1 aliphatic rings. The van der Waals surface area contributed by atoms with Gasteiger partial charge in [0.05, 0.1) is 6.61 Å². The SMILES string of the molecule is CCCCCCOc1ccc2cc(-c3noc([C@@H]4CCCN4/C(N)=N\O)n3)ccc2c1. The third-order valence-electron chi connectivity index (χ3n) is 5.71. The van der Waals surface area contributed by atoms with E-state index in [0.717, 1.165) is 48.0 Å². The first kappa shape index (κ1) is 21.0. The van der Waals surface area contributed by atoms with Crippen LogP contribution >= 0.6 is 0 Å². The number of fused-ring (bicyclic) bond motifs is 1. The van der Waals surface area contributed by atoms with Crippen molar-refractivity contribution >= 4 is 16.7 Å². The molecule has 0 unspecified atom stereocenters. The zero-order chi connectivity index (χ0) is 21.6. The van der Waals surface area contributed by atoms with Crippen molar-refractivity contribution in [1.29, 1.82) is 0 Å². The molecule has 3 N–H and O–H groups in total. The number of nitrogens with two attached hydrogens (primary N) is 1. The minimum atomic E-state index is -0.172. The summed E-state index contributed by atoms with van der Waals surface area (Å²) in [6.07, 6.45) is 6.50. The number of unbranched alkanes of at least 4 members (excludes halogenated alkanes) is 3. The molecule has 164 valence electrons. The van der Waals surface area contributed by atoms with Gasteiger partial charge in [-0.2, -0.15) is 4.98 Å². The van der Waals surface area contributed by atoms with Crippen molar-refractivity contribution in [2.45, 2.75) is 51.5 Å². The second-order valence-corrected chi connectivity index (χ2v) is 7.90. The van der Waals surface area contributed by atoms with E-state index in [1.807, 2.05) is 24.3 Å². The Morgan fingerprint density at radius 2 is 2.06 bits per heavy atom. The Morgan fingerprint density at radius 1 is 1.23 bits per heavy atom. The van der Waals surface area contributed by atoms with E-state index in [1.54, 1.807) is 4.90 Å². The molecule has 2 aromatic carbocycles. The van der Waals surface area contributed by atoms with Gasteiger partial charge in [0, 0.05) is 12.1 Å². The smallest absolute Gasteiger partial charge is 0.249 e. The molecule has 8 nitrogen and oxygen atoms in total. The first-order valence-electron chi connectivity index (χ1n) is 10.9. The predicted octanol–water partition coefficient (Wildman–Crippen LogP) is 4.69. The van der Waals surface area contributed by atoms with Crippen LogP contribution in [0, 0.1) is 0 Å². The molecular weight excluding hydrogens is 394 g/mol. The van der Waals surface area contributed by atoms with Gasteiger partial charge < -0.3 is 25.1 Å². The number of aromatic nitrogens is 2. The molecule has 1 fully saturated rings. The highest BCUT2D eigenvalue weighted by atomic mass is 16.5. The van der Waals surface area contributed by atoms with Crippen LogP contribution in [0.15, 0.2) is 46.1 Å². The number of ether oxygens (including phenoxy) is 1. The van der Waals surface area contributed by atoms with E-state index in [4.69, 9.17) is 20.2 Å². The van der Waals surface area contributed by atoms with Gasteiger partial charge in [0.2, 0.25) is 17.7 Å². The van der Waals surface area contributed by atoms with Crippen LogP contribution in [0.25, 0.3) is 22.2 Å². The highest BCUT2D eigenvalue weighted by Crippen LogP contribution is 2.32. The van der Waals surface area contributed by atoms with Crippen LogP contribution in [0.1, 0.15) is 57.4 Å². The summed E-state index contributed by atoms with van der Waals surface area (Å²) >= 11 is 0. The molecule has 0 amide bonds. The minimum absolute atomic E-state index is 0.0661. The molecule has 1 aromatic heterocycles. The van der Waals surface area contributed by atoms with Crippen LogP contribution in [0.3, 0.4) is 0 Å². The van der Waals surface area contributed by atoms with Crippen molar-refractivity contribution in [2.75, 3.05) is 13.2 Å². The predicted molar refractivity (Wildman–Crippen MR) is 119 cm³/mol. The highest BCUT2D eigenvalue weighted by Gasteiger charge is 2.32. The van der Waals surface area contributed by atoms with Gasteiger partial charge in [0.15, 0.2) is 0 Å². The maximum absolute atomic E-state index is 8.99. The molecule has 1 saturated heterocycles. The lowest BCUT2D eigenvalue weighted by atomic mass is 10.1. The Bertz CT molecular complexity index is 1050. The lowest BCUT2D eigenvalue weighted by molar-refractivity contribution is 0.263. The molecule has 31 heavy (non-hydrogen) atoms. The summed E-state index contributed by atoms with van der Waals surface area (Å²) in [5.41, 5.74) is 6.65. The molecule has 1 atom stereocenters. The molecule has 0 bridgehead atoms. The summed E-state index contributed by atoms with van der Waals surface area (Å²) in [6.45, 7) is 3.65. The van der Waals surface area contributed by atoms with E-state index in [0.29, 0.717) is 18.3 Å². The largest absolute Gasteiger partial charge is 0.494 e. The molecule has 0 radical (unpaired) electrons. The zero-order valence-corrected chi connectivity index (χ0v) is 17.8. The van der Waals surface area contributed by atoms with Crippen LogP contribution in [0.4, 0.5) is 0 Å². The van der Waals surface area contributed by atoms with E-state index in [2.05, 4.69) is 34.4 Å². The molecular formula is C23H29N5O3. The number of benzene rings is 2. The lowest BCUT2D eigenvalue weighted by Crippen LogP contribution is -2.36. The van der Waals surface area contributed by atoms with Gasteiger partial charge in [-0.1, -0.05) is 54.7 Å². The van der Waals surface area contributed by atoms with E-state index in [-0.39, 0.29) is 12.0 Å². The lowest BCUT2D eigenvalue weighted by Gasteiger charge is -2.21. The minimum Gasteiger partial charge on any atom is -0.494 e. The van der Waals surface area contributed by atoms with Gasteiger partial charge in [0.1, 0.15) is 11.8 Å². The molecule has 8 heteroatoms. The molecule has 2 heterocycles. The molecule has 0 saturated carbocycles. The third-order valence-corrected chi connectivity index (χ3v) is 5.71. The van der Waals surface area contributed by atoms with Gasteiger partial charge in [0.25, 0.3) is 0 Å². The summed E-state index contributed by atoms with van der Waals surface area (Å²) in [6, 6.07) is 12.0. The standard InChI is InChI=1S/C23H29N5O3/c1-2-3-4-5-13-30-19-11-10-16-14-18(9-8-17(16)15-19)21-25-22(31-27-21)20-7-6-12-28(20)23(24)26-29/h8-11,14-15,20,29H,2-7,12-13H2,1H3,(H2,24,26)/t20-/m0/s1. The van der Waals surface area contributed by atoms with Crippen molar-refractivity contribution in [3.05, 3.63) is 42.3 Å². The number of hydrogen-bond donors (Lipinski definition) is 2. The number of likely N-dealkylation sites (tertiary alicyclic amines) is 1. The fourth-order valence-electron chi connectivity index (χ4n) is 4.01. The number of rotatable bonds is 8.